The van der Waals surface area contributed by atoms with Crippen LogP contribution in [0.3, 0.4) is 0 Å². The summed E-state index contributed by atoms with van der Waals surface area (Å²) in [5.74, 6) is 0. The molecule has 1 aromatic carbocycles. The van der Waals surface area contributed by atoms with Gasteiger partial charge in [0, 0.05) is 17.8 Å². The molecule has 2 aromatic rings. The molecule has 0 saturated carbocycles. The van der Waals surface area contributed by atoms with E-state index in [0.717, 1.165) is 18.7 Å². The van der Waals surface area contributed by atoms with Crippen LogP contribution >= 0.6 is 0 Å². The summed E-state index contributed by atoms with van der Waals surface area (Å²) in [4.78, 5) is 0. The molecule has 1 heterocycles. The summed E-state index contributed by atoms with van der Waals surface area (Å²) in [6.45, 7) is 7.27. The molecule has 4 nitrogen and oxygen atoms in total. The minimum Gasteiger partial charge on any atom is -0.502 e. The van der Waals surface area contributed by atoms with Gasteiger partial charge >= 0.3 is 0 Å². The maximum atomic E-state index is 5.09. The van der Waals surface area contributed by atoms with E-state index in [1.165, 1.54) is 11.8 Å². The number of nitrogens with one attached hydrogen (secondary N) is 1. The van der Waals surface area contributed by atoms with E-state index in [0.29, 0.717) is 6.61 Å². The van der Waals surface area contributed by atoms with Crippen molar-refractivity contribution in [3.05, 3.63) is 61.1 Å². The first-order chi connectivity index (χ1) is 9.81. The summed E-state index contributed by atoms with van der Waals surface area (Å²) in [7, 11) is 0. The molecule has 0 spiro atoms. The molecule has 4 heteroatoms. The first kappa shape index (κ1) is 14.3. The van der Waals surface area contributed by atoms with Gasteiger partial charge in [0.2, 0.25) is 0 Å². The van der Waals surface area contributed by atoms with Crippen molar-refractivity contribution in [1.29, 1.82) is 0 Å². The molecule has 20 heavy (non-hydrogen) atoms. The SMILES string of the molecule is C=COCCCNC(C)c1cnn(-c2ccccc2)c1. The van der Waals surface area contributed by atoms with Crippen LogP contribution in [0.4, 0.5) is 0 Å². The van der Waals surface area contributed by atoms with Crippen LogP contribution in [-0.2, 0) is 4.74 Å². The van der Waals surface area contributed by atoms with Crippen LogP contribution in [0, 0.1) is 0 Å². The molecule has 2 rings (SSSR count). The summed E-state index contributed by atoms with van der Waals surface area (Å²) in [5, 5.41) is 7.86. The standard InChI is InChI=1S/C16H21N3O/c1-3-20-11-7-10-17-14(2)15-12-18-19(13-15)16-8-5-4-6-9-16/h3-6,8-9,12-14,17H,1,7,10-11H2,2H3. The Morgan fingerprint density at radius 1 is 1.40 bits per heavy atom. The number of benzene rings is 1. The Bertz CT molecular complexity index is 522. The van der Waals surface area contributed by atoms with E-state index >= 15 is 0 Å². The molecule has 0 aliphatic rings. The molecule has 1 N–H and O–H groups in total. The number of aromatic nitrogens is 2. The molecule has 106 valence electrons. The summed E-state index contributed by atoms with van der Waals surface area (Å²) in [6.07, 6.45) is 6.41. The molecule has 0 saturated heterocycles. The van der Waals surface area contributed by atoms with E-state index in [1.807, 2.05) is 41.2 Å². The summed E-state index contributed by atoms with van der Waals surface area (Å²) in [6, 6.07) is 10.4. The Balaban J connectivity index is 1.87. The van der Waals surface area contributed by atoms with Crippen LogP contribution < -0.4 is 5.32 Å². The zero-order chi connectivity index (χ0) is 14.2. The van der Waals surface area contributed by atoms with Crippen molar-refractivity contribution in [2.45, 2.75) is 19.4 Å². The number of para-hydroxylation sites is 1. The fraction of sp³-hybridized carbons (Fsp3) is 0.312. The van der Waals surface area contributed by atoms with E-state index in [9.17, 15) is 0 Å². The van der Waals surface area contributed by atoms with Gasteiger partial charge in [0.15, 0.2) is 0 Å². The van der Waals surface area contributed by atoms with Gasteiger partial charge in [0.05, 0.1) is 24.8 Å². The highest BCUT2D eigenvalue weighted by atomic mass is 16.5. The molecule has 0 amide bonds. The van der Waals surface area contributed by atoms with Crippen molar-refractivity contribution < 1.29 is 4.74 Å². The van der Waals surface area contributed by atoms with Crippen molar-refractivity contribution in [2.24, 2.45) is 0 Å². The zero-order valence-electron chi connectivity index (χ0n) is 11.8. The third kappa shape index (κ3) is 3.96. The van der Waals surface area contributed by atoms with Gasteiger partial charge in [-0.1, -0.05) is 24.8 Å². The van der Waals surface area contributed by atoms with E-state index in [4.69, 9.17) is 4.74 Å². The topological polar surface area (TPSA) is 39.1 Å². The van der Waals surface area contributed by atoms with Gasteiger partial charge in [0.1, 0.15) is 0 Å². The lowest BCUT2D eigenvalue weighted by atomic mass is 10.2. The minimum atomic E-state index is 0.274. The van der Waals surface area contributed by atoms with E-state index < -0.39 is 0 Å². The average Bonchev–Trinajstić information content (AvgIpc) is 2.98. The quantitative estimate of drug-likeness (QED) is 0.592. The summed E-state index contributed by atoms with van der Waals surface area (Å²) < 4.78 is 6.99. The maximum Gasteiger partial charge on any atom is 0.0885 e. The van der Waals surface area contributed by atoms with Gasteiger partial charge < -0.3 is 10.1 Å². The lowest BCUT2D eigenvalue weighted by Gasteiger charge is -2.11. The molecule has 0 fully saturated rings. The molecule has 0 radical (unpaired) electrons. The average molecular weight is 271 g/mol. The third-order valence-corrected chi connectivity index (χ3v) is 3.13. The van der Waals surface area contributed by atoms with Crippen molar-refractivity contribution in [1.82, 2.24) is 15.1 Å². The number of nitrogens with zero attached hydrogens (tertiary/aromatic N) is 2. The van der Waals surface area contributed by atoms with Crippen LogP contribution in [0.1, 0.15) is 24.9 Å². The normalized spacial score (nSPS) is 12.1. The van der Waals surface area contributed by atoms with Crippen LogP contribution in [0.15, 0.2) is 55.6 Å². The molecule has 1 aromatic heterocycles. The van der Waals surface area contributed by atoms with Crippen molar-refractivity contribution >= 4 is 0 Å². The number of hydrogen-bond donors (Lipinski definition) is 1. The zero-order valence-corrected chi connectivity index (χ0v) is 11.8. The molecule has 0 aliphatic heterocycles. The first-order valence-electron chi connectivity index (χ1n) is 6.87. The van der Waals surface area contributed by atoms with Crippen molar-refractivity contribution in [2.75, 3.05) is 13.2 Å². The second-order valence-electron chi connectivity index (χ2n) is 4.62. The second kappa shape index (κ2) is 7.50. The lowest BCUT2D eigenvalue weighted by molar-refractivity contribution is 0.243. The Hall–Kier alpha value is -2.07. The van der Waals surface area contributed by atoms with Gasteiger partial charge in [-0.05, 0) is 32.0 Å². The Labute approximate surface area is 120 Å². The highest BCUT2D eigenvalue weighted by Gasteiger charge is 2.07. The van der Waals surface area contributed by atoms with Crippen molar-refractivity contribution in [3.8, 4) is 5.69 Å². The Morgan fingerprint density at radius 2 is 2.20 bits per heavy atom. The van der Waals surface area contributed by atoms with Gasteiger partial charge in [-0.3, -0.25) is 0 Å². The van der Waals surface area contributed by atoms with E-state index in [-0.39, 0.29) is 6.04 Å². The Morgan fingerprint density at radius 3 is 2.95 bits per heavy atom. The molecule has 1 atom stereocenters. The van der Waals surface area contributed by atoms with E-state index in [2.05, 4.69) is 30.1 Å². The first-order valence-corrected chi connectivity index (χ1v) is 6.87. The molecular weight excluding hydrogens is 250 g/mol. The van der Waals surface area contributed by atoms with Gasteiger partial charge in [0.25, 0.3) is 0 Å². The predicted molar refractivity (Wildman–Crippen MR) is 80.7 cm³/mol. The molecule has 0 bridgehead atoms. The fourth-order valence-electron chi connectivity index (χ4n) is 1.96. The number of rotatable bonds is 8. The minimum absolute atomic E-state index is 0.274. The van der Waals surface area contributed by atoms with Crippen molar-refractivity contribution in [3.63, 3.8) is 0 Å². The van der Waals surface area contributed by atoms with Gasteiger partial charge in [-0.15, -0.1) is 0 Å². The highest BCUT2D eigenvalue weighted by Crippen LogP contribution is 2.14. The lowest BCUT2D eigenvalue weighted by Crippen LogP contribution is -2.20. The van der Waals surface area contributed by atoms with Crippen LogP contribution in [0.2, 0.25) is 0 Å². The number of hydrogen-bond acceptors (Lipinski definition) is 3. The molecule has 1 unspecified atom stereocenters. The van der Waals surface area contributed by atoms with Gasteiger partial charge in [-0.25, -0.2) is 4.68 Å². The summed E-state index contributed by atoms with van der Waals surface area (Å²) >= 11 is 0. The molecular formula is C16H21N3O. The Kier molecular flexibility index (Phi) is 5.38. The highest BCUT2D eigenvalue weighted by molar-refractivity contribution is 5.31. The predicted octanol–water partition coefficient (Wildman–Crippen LogP) is 3.07. The van der Waals surface area contributed by atoms with Crippen LogP contribution in [0.5, 0.6) is 0 Å². The summed E-state index contributed by atoms with van der Waals surface area (Å²) in [5.41, 5.74) is 2.25. The smallest absolute Gasteiger partial charge is 0.0885 e. The second-order valence-corrected chi connectivity index (χ2v) is 4.62. The van der Waals surface area contributed by atoms with Gasteiger partial charge in [-0.2, -0.15) is 5.10 Å². The molecule has 0 aliphatic carbocycles. The monoisotopic (exact) mass is 271 g/mol. The number of ether oxygens (including phenoxy) is 1. The fourth-order valence-corrected chi connectivity index (χ4v) is 1.96. The van der Waals surface area contributed by atoms with Crippen LogP contribution in [-0.4, -0.2) is 22.9 Å². The van der Waals surface area contributed by atoms with E-state index in [1.54, 1.807) is 0 Å². The largest absolute Gasteiger partial charge is 0.502 e. The maximum absolute atomic E-state index is 5.09. The van der Waals surface area contributed by atoms with Crippen LogP contribution in [0.25, 0.3) is 5.69 Å². The third-order valence-electron chi connectivity index (χ3n) is 3.13.